The van der Waals surface area contributed by atoms with Crippen molar-refractivity contribution < 1.29 is 4.39 Å². The number of fused-ring (bicyclic) bond motifs is 1. The van der Waals surface area contributed by atoms with E-state index >= 15 is 4.39 Å². The van der Waals surface area contributed by atoms with E-state index in [1.807, 2.05) is 24.3 Å². The number of aromatic amines is 1. The molecule has 0 amide bonds. The fraction of sp³-hybridized carbons (Fsp3) is 0.292. The summed E-state index contributed by atoms with van der Waals surface area (Å²) in [6.07, 6.45) is 3.05. The minimum atomic E-state index is -0.263. The number of nitrogens with one attached hydrogen (secondary N) is 2. The Labute approximate surface area is 190 Å². The average molecular weight is 448 g/mol. The van der Waals surface area contributed by atoms with Gasteiger partial charge in [-0.25, -0.2) is 13.9 Å². The van der Waals surface area contributed by atoms with Gasteiger partial charge in [-0.2, -0.15) is 5.10 Å². The third kappa shape index (κ3) is 3.95. The van der Waals surface area contributed by atoms with E-state index in [4.69, 9.17) is 0 Å². The number of halogens is 1. The number of H-pyrrole nitrogens is 1. The van der Waals surface area contributed by atoms with E-state index in [1.54, 1.807) is 16.8 Å². The topological polar surface area (TPSA) is 81.6 Å². The van der Waals surface area contributed by atoms with Gasteiger partial charge in [0, 0.05) is 48.7 Å². The summed E-state index contributed by atoms with van der Waals surface area (Å²) in [5.41, 5.74) is 3.78. The molecule has 0 radical (unpaired) electrons. The molecule has 4 heterocycles. The van der Waals surface area contributed by atoms with Crippen LogP contribution in [-0.4, -0.2) is 56.7 Å². The van der Waals surface area contributed by atoms with Crippen molar-refractivity contribution in [3.8, 4) is 11.3 Å². The highest BCUT2D eigenvalue weighted by molar-refractivity contribution is 5.77. The highest BCUT2D eigenvalue weighted by atomic mass is 19.1. The molecule has 4 aromatic rings. The Balaban J connectivity index is 1.44. The number of hydrogen-bond donors (Lipinski definition) is 2. The van der Waals surface area contributed by atoms with Crippen molar-refractivity contribution in [3.05, 3.63) is 71.2 Å². The minimum absolute atomic E-state index is 0.192. The fourth-order valence-electron chi connectivity index (χ4n) is 4.44. The molecule has 0 aliphatic carbocycles. The second-order valence-corrected chi connectivity index (χ2v) is 8.65. The van der Waals surface area contributed by atoms with Crippen LogP contribution in [0.3, 0.4) is 0 Å². The molecular formula is C24H26FN7O. The third-order valence-electron chi connectivity index (χ3n) is 6.33. The molecule has 5 rings (SSSR count). The first-order chi connectivity index (χ1) is 15.9. The summed E-state index contributed by atoms with van der Waals surface area (Å²) in [4.78, 5) is 23.1. The highest BCUT2D eigenvalue weighted by Crippen LogP contribution is 2.30. The lowest BCUT2D eigenvalue weighted by Crippen LogP contribution is -2.55. The van der Waals surface area contributed by atoms with Gasteiger partial charge < -0.3 is 15.2 Å². The van der Waals surface area contributed by atoms with Crippen LogP contribution in [0.4, 0.5) is 21.5 Å². The maximum Gasteiger partial charge on any atom is 0.248 e. The molecule has 170 valence electrons. The van der Waals surface area contributed by atoms with Crippen molar-refractivity contribution in [2.24, 2.45) is 0 Å². The number of pyridine rings is 2. The molecule has 0 unspecified atom stereocenters. The number of hydrogen-bond acceptors (Lipinski definition) is 6. The molecule has 0 spiro atoms. The first-order valence-corrected chi connectivity index (χ1v) is 11.0. The Hall–Kier alpha value is -3.72. The number of aromatic nitrogens is 4. The minimum Gasteiger partial charge on any atom is -0.364 e. The number of nitrogens with zero attached hydrogens (tertiary/aromatic N) is 5. The van der Waals surface area contributed by atoms with Crippen molar-refractivity contribution in [1.82, 2.24) is 24.5 Å². The van der Waals surface area contributed by atoms with Gasteiger partial charge in [-0.05, 0) is 57.3 Å². The van der Waals surface area contributed by atoms with E-state index in [0.29, 0.717) is 28.8 Å². The lowest BCUT2D eigenvalue weighted by atomic mass is 10.1. The van der Waals surface area contributed by atoms with Crippen molar-refractivity contribution in [2.75, 3.05) is 30.4 Å². The highest BCUT2D eigenvalue weighted by Gasteiger charge is 2.28. The molecule has 1 fully saturated rings. The van der Waals surface area contributed by atoms with Gasteiger partial charge in [0.25, 0.3) is 0 Å². The van der Waals surface area contributed by atoms with Crippen molar-refractivity contribution in [3.63, 3.8) is 0 Å². The van der Waals surface area contributed by atoms with E-state index in [-0.39, 0.29) is 17.4 Å². The van der Waals surface area contributed by atoms with Crippen molar-refractivity contribution in [1.29, 1.82) is 0 Å². The normalized spacial score (nSPS) is 19.2. The molecule has 1 aromatic carbocycles. The average Bonchev–Trinajstić information content (AvgIpc) is 3.27. The Kier molecular flexibility index (Phi) is 5.33. The summed E-state index contributed by atoms with van der Waals surface area (Å²) < 4.78 is 16.8. The van der Waals surface area contributed by atoms with Crippen LogP contribution in [-0.2, 0) is 0 Å². The maximum atomic E-state index is 15.2. The largest absolute Gasteiger partial charge is 0.364 e. The van der Waals surface area contributed by atoms with Crippen LogP contribution in [0.1, 0.15) is 13.8 Å². The zero-order valence-corrected chi connectivity index (χ0v) is 18.8. The fourth-order valence-corrected chi connectivity index (χ4v) is 4.44. The van der Waals surface area contributed by atoms with Crippen LogP contribution >= 0.6 is 0 Å². The number of rotatable bonds is 4. The molecule has 1 aliphatic heterocycles. The van der Waals surface area contributed by atoms with Gasteiger partial charge in [0.15, 0.2) is 5.65 Å². The predicted octanol–water partition coefficient (Wildman–Crippen LogP) is 3.50. The first kappa shape index (κ1) is 21.1. The molecule has 1 saturated heterocycles. The van der Waals surface area contributed by atoms with Gasteiger partial charge in [0.2, 0.25) is 5.56 Å². The molecule has 33 heavy (non-hydrogen) atoms. The lowest BCUT2D eigenvalue weighted by molar-refractivity contribution is 0.205. The van der Waals surface area contributed by atoms with Gasteiger partial charge in [0.1, 0.15) is 12.1 Å². The Morgan fingerprint density at radius 2 is 1.94 bits per heavy atom. The van der Waals surface area contributed by atoms with Crippen LogP contribution < -0.4 is 15.8 Å². The van der Waals surface area contributed by atoms with Crippen LogP contribution in [0.2, 0.25) is 0 Å². The second-order valence-electron chi connectivity index (χ2n) is 8.65. The van der Waals surface area contributed by atoms with E-state index < -0.39 is 0 Å². The van der Waals surface area contributed by atoms with Crippen LogP contribution in [0.15, 0.2) is 59.8 Å². The van der Waals surface area contributed by atoms with Gasteiger partial charge in [-0.15, -0.1) is 0 Å². The second kappa shape index (κ2) is 8.32. The summed E-state index contributed by atoms with van der Waals surface area (Å²) in [5.74, 6) is -0.263. The molecule has 0 saturated carbocycles. The maximum absolute atomic E-state index is 15.2. The van der Waals surface area contributed by atoms with Gasteiger partial charge in [0.05, 0.1) is 17.1 Å². The zero-order valence-electron chi connectivity index (χ0n) is 18.8. The molecule has 3 aromatic heterocycles. The zero-order chi connectivity index (χ0) is 23.1. The Bertz CT molecular complexity index is 1360. The SMILES string of the molecule is C[C@@H]1CN(C)[C@@H](C)CN1c1ccc(Nc2ccc(-c3cc[nH]c(=O)c3)n3ncnc23)cc1F. The van der Waals surface area contributed by atoms with Gasteiger partial charge in [-0.1, -0.05) is 0 Å². The van der Waals surface area contributed by atoms with Gasteiger partial charge >= 0.3 is 0 Å². The summed E-state index contributed by atoms with van der Waals surface area (Å²) in [6.45, 7) is 5.96. The van der Waals surface area contributed by atoms with Crippen LogP contribution in [0, 0.1) is 5.82 Å². The quantitative estimate of drug-likeness (QED) is 0.498. The summed E-state index contributed by atoms with van der Waals surface area (Å²) in [6, 6.07) is 12.8. The van der Waals surface area contributed by atoms with Crippen LogP contribution in [0.5, 0.6) is 0 Å². The Morgan fingerprint density at radius 3 is 2.73 bits per heavy atom. The van der Waals surface area contributed by atoms with Crippen molar-refractivity contribution in [2.45, 2.75) is 25.9 Å². The summed E-state index contributed by atoms with van der Waals surface area (Å²) in [7, 11) is 2.11. The number of anilines is 3. The summed E-state index contributed by atoms with van der Waals surface area (Å²) >= 11 is 0. The van der Waals surface area contributed by atoms with E-state index in [1.165, 1.54) is 18.5 Å². The third-order valence-corrected chi connectivity index (χ3v) is 6.33. The van der Waals surface area contributed by atoms with Crippen LogP contribution in [0.25, 0.3) is 16.9 Å². The monoisotopic (exact) mass is 447 g/mol. The first-order valence-electron chi connectivity index (χ1n) is 11.0. The molecule has 1 aliphatic rings. The number of piperazine rings is 1. The number of benzene rings is 1. The molecule has 9 heteroatoms. The molecular weight excluding hydrogens is 421 g/mol. The molecule has 2 N–H and O–H groups in total. The standard InChI is InChI=1S/C24H26FN7O/c1-15-13-31(16(2)12-30(15)3)22-6-4-18(11-19(22)25)29-20-5-7-21(32-24(20)27-14-28-32)17-8-9-26-23(33)10-17/h4-11,14-16,29H,12-13H2,1-3H3,(H,26,33)/t15-,16+/m0/s1. The lowest BCUT2D eigenvalue weighted by Gasteiger charge is -2.43. The van der Waals surface area contributed by atoms with E-state index in [0.717, 1.165) is 24.3 Å². The summed E-state index contributed by atoms with van der Waals surface area (Å²) in [5, 5.41) is 7.57. The molecule has 0 bridgehead atoms. The smallest absolute Gasteiger partial charge is 0.248 e. The van der Waals surface area contributed by atoms with Gasteiger partial charge in [-0.3, -0.25) is 9.69 Å². The number of likely N-dealkylation sites (N-methyl/N-ethyl adjacent to an activating group) is 1. The predicted molar refractivity (Wildman–Crippen MR) is 128 cm³/mol. The van der Waals surface area contributed by atoms with Crippen molar-refractivity contribution >= 4 is 22.7 Å². The molecule has 2 atom stereocenters. The van der Waals surface area contributed by atoms with E-state index in [2.05, 4.69) is 51.1 Å². The molecule has 8 nitrogen and oxygen atoms in total. The van der Waals surface area contributed by atoms with E-state index in [9.17, 15) is 4.79 Å². The Morgan fingerprint density at radius 1 is 1.09 bits per heavy atom.